The van der Waals surface area contributed by atoms with Crippen molar-refractivity contribution in [2.45, 2.75) is 25.9 Å². The maximum atomic E-state index is 12.2. The summed E-state index contributed by atoms with van der Waals surface area (Å²) in [6.07, 6.45) is 0.609. The first-order valence-electron chi connectivity index (χ1n) is 5.63. The summed E-state index contributed by atoms with van der Waals surface area (Å²) in [4.78, 5) is 17.8. The Morgan fingerprint density at radius 2 is 2.29 bits per heavy atom. The van der Waals surface area contributed by atoms with Crippen molar-refractivity contribution >= 4 is 11.7 Å². The van der Waals surface area contributed by atoms with Gasteiger partial charge >= 0.3 is 0 Å². The summed E-state index contributed by atoms with van der Waals surface area (Å²) in [6, 6.07) is 3.29. The molecule has 1 atom stereocenters. The van der Waals surface area contributed by atoms with Crippen LogP contribution >= 0.6 is 0 Å². The van der Waals surface area contributed by atoms with Gasteiger partial charge in [-0.15, -0.1) is 0 Å². The lowest BCUT2D eigenvalue weighted by molar-refractivity contribution is 0.0572. The van der Waals surface area contributed by atoms with E-state index in [2.05, 4.69) is 4.98 Å². The summed E-state index contributed by atoms with van der Waals surface area (Å²) in [5, 5.41) is 9.84. The number of nitrogens with zero attached hydrogens (tertiary/aromatic N) is 2. The Kier molecular flexibility index (Phi) is 2.79. The molecule has 1 aromatic heterocycles. The van der Waals surface area contributed by atoms with E-state index in [4.69, 9.17) is 5.73 Å². The first-order valence-corrected chi connectivity index (χ1v) is 5.63. The third-order valence-corrected chi connectivity index (χ3v) is 2.96. The minimum absolute atomic E-state index is 0.0972. The van der Waals surface area contributed by atoms with Crippen LogP contribution in [0.4, 0.5) is 5.82 Å². The number of pyridine rings is 1. The Bertz CT molecular complexity index is 437. The van der Waals surface area contributed by atoms with Gasteiger partial charge in [0.05, 0.1) is 5.60 Å². The second kappa shape index (κ2) is 4.00. The predicted molar refractivity (Wildman–Crippen MR) is 64.5 cm³/mol. The molecule has 1 aromatic rings. The summed E-state index contributed by atoms with van der Waals surface area (Å²) in [5.74, 6) is 0.249. The van der Waals surface area contributed by atoms with Gasteiger partial charge in [0.25, 0.3) is 5.91 Å². The summed E-state index contributed by atoms with van der Waals surface area (Å²) in [5.41, 5.74) is 6.10. The van der Waals surface area contributed by atoms with Crippen LogP contribution in [-0.4, -0.2) is 39.6 Å². The molecular formula is C12H17N3O2. The van der Waals surface area contributed by atoms with Crippen molar-refractivity contribution in [3.05, 3.63) is 23.4 Å². The van der Waals surface area contributed by atoms with Crippen molar-refractivity contribution in [2.24, 2.45) is 0 Å². The van der Waals surface area contributed by atoms with Crippen LogP contribution in [0.5, 0.6) is 0 Å². The molecule has 5 heteroatoms. The number of likely N-dealkylation sites (tertiary alicyclic amines) is 1. The standard InChI is InChI=1S/C12H17N3O2/c1-8-5-9(6-10(13)14-8)11(16)15-4-3-12(2,17)7-15/h5-6,17H,3-4,7H2,1-2H3,(H2,13,14). The zero-order chi connectivity index (χ0) is 12.6. The Morgan fingerprint density at radius 3 is 2.82 bits per heavy atom. The van der Waals surface area contributed by atoms with Gasteiger partial charge in [0.15, 0.2) is 0 Å². The minimum atomic E-state index is -0.775. The highest BCUT2D eigenvalue weighted by Gasteiger charge is 2.34. The molecule has 2 heterocycles. The lowest BCUT2D eigenvalue weighted by Crippen LogP contribution is -2.34. The molecule has 0 aliphatic carbocycles. The smallest absolute Gasteiger partial charge is 0.254 e. The molecular weight excluding hydrogens is 218 g/mol. The van der Waals surface area contributed by atoms with Crippen LogP contribution in [0.3, 0.4) is 0 Å². The first-order chi connectivity index (χ1) is 7.87. The first kappa shape index (κ1) is 11.9. The van der Waals surface area contributed by atoms with Crippen molar-refractivity contribution in [3.8, 4) is 0 Å². The zero-order valence-electron chi connectivity index (χ0n) is 10.1. The molecule has 5 nitrogen and oxygen atoms in total. The zero-order valence-corrected chi connectivity index (χ0v) is 10.1. The van der Waals surface area contributed by atoms with Gasteiger partial charge in [0.1, 0.15) is 5.82 Å². The van der Waals surface area contributed by atoms with E-state index in [1.807, 2.05) is 0 Å². The Morgan fingerprint density at radius 1 is 1.59 bits per heavy atom. The lowest BCUT2D eigenvalue weighted by Gasteiger charge is -2.19. The third kappa shape index (κ3) is 2.55. The number of aliphatic hydroxyl groups is 1. The minimum Gasteiger partial charge on any atom is -0.388 e. The third-order valence-electron chi connectivity index (χ3n) is 2.96. The predicted octanol–water partition coefficient (Wildman–Crippen LogP) is 0.569. The van der Waals surface area contributed by atoms with Crippen LogP contribution in [0.1, 0.15) is 29.4 Å². The molecule has 0 saturated carbocycles. The van der Waals surface area contributed by atoms with E-state index in [1.165, 1.54) is 0 Å². The van der Waals surface area contributed by atoms with Crippen molar-refractivity contribution in [2.75, 3.05) is 18.8 Å². The van der Waals surface area contributed by atoms with Crippen LogP contribution < -0.4 is 5.73 Å². The maximum absolute atomic E-state index is 12.2. The van der Waals surface area contributed by atoms with E-state index in [1.54, 1.807) is 30.9 Å². The van der Waals surface area contributed by atoms with Crippen LogP contribution in [0.25, 0.3) is 0 Å². The number of nitrogens with two attached hydrogens (primary N) is 1. The SMILES string of the molecule is Cc1cc(C(=O)N2CCC(C)(O)C2)cc(N)n1. The molecule has 17 heavy (non-hydrogen) atoms. The Hall–Kier alpha value is -1.62. The second-order valence-electron chi connectivity index (χ2n) is 4.90. The Balaban J connectivity index is 2.20. The highest BCUT2D eigenvalue weighted by atomic mass is 16.3. The van der Waals surface area contributed by atoms with Gasteiger partial charge in [-0.25, -0.2) is 4.98 Å². The van der Waals surface area contributed by atoms with E-state index in [0.29, 0.717) is 30.9 Å². The molecule has 2 rings (SSSR count). The molecule has 1 aliphatic heterocycles. The van der Waals surface area contributed by atoms with E-state index in [9.17, 15) is 9.90 Å². The topological polar surface area (TPSA) is 79.5 Å². The number of anilines is 1. The molecule has 1 aliphatic rings. The van der Waals surface area contributed by atoms with E-state index < -0.39 is 5.60 Å². The Labute approximate surface area is 100 Å². The summed E-state index contributed by atoms with van der Waals surface area (Å²) in [6.45, 7) is 4.49. The number of amides is 1. The number of aromatic nitrogens is 1. The van der Waals surface area contributed by atoms with E-state index in [-0.39, 0.29) is 5.91 Å². The van der Waals surface area contributed by atoms with Gasteiger partial charge in [-0.1, -0.05) is 0 Å². The van der Waals surface area contributed by atoms with Crippen LogP contribution in [-0.2, 0) is 0 Å². The number of hydrogen-bond donors (Lipinski definition) is 2. The van der Waals surface area contributed by atoms with Gasteiger partial charge in [-0.05, 0) is 32.4 Å². The van der Waals surface area contributed by atoms with Gasteiger partial charge in [-0.2, -0.15) is 0 Å². The number of carbonyl (C=O) groups is 1. The number of rotatable bonds is 1. The number of hydrogen-bond acceptors (Lipinski definition) is 4. The normalized spacial score (nSPS) is 24.1. The molecule has 92 valence electrons. The van der Waals surface area contributed by atoms with E-state index >= 15 is 0 Å². The molecule has 1 amide bonds. The van der Waals surface area contributed by atoms with Crippen LogP contribution in [0, 0.1) is 6.92 Å². The largest absolute Gasteiger partial charge is 0.388 e. The average molecular weight is 235 g/mol. The fourth-order valence-electron chi connectivity index (χ4n) is 2.12. The van der Waals surface area contributed by atoms with Crippen molar-refractivity contribution < 1.29 is 9.90 Å². The van der Waals surface area contributed by atoms with Crippen LogP contribution in [0.2, 0.25) is 0 Å². The number of aryl methyl sites for hydroxylation is 1. The molecule has 0 radical (unpaired) electrons. The molecule has 3 N–H and O–H groups in total. The fraction of sp³-hybridized carbons (Fsp3) is 0.500. The maximum Gasteiger partial charge on any atom is 0.254 e. The molecule has 0 bridgehead atoms. The monoisotopic (exact) mass is 235 g/mol. The average Bonchev–Trinajstić information content (AvgIpc) is 2.56. The lowest BCUT2D eigenvalue weighted by atomic mass is 10.1. The van der Waals surface area contributed by atoms with Crippen LogP contribution in [0.15, 0.2) is 12.1 Å². The molecule has 1 unspecified atom stereocenters. The molecule has 1 fully saturated rings. The fourth-order valence-corrected chi connectivity index (χ4v) is 2.12. The van der Waals surface area contributed by atoms with Crippen molar-refractivity contribution in [1.29, 1.82) is 0 Å². The van der Waals surface area contributed by atoms with Gasteiger partial charge in [-0.3, -0.25) is 4.79 Å². The van der Waals surface area contributed by atoms with Gasteiger partial charge in [0.2, 0.25) is 0 Å². The van der Waals surface area contributed by atoms with Crippen molar-refractivity contribution in [1.82, 2.24) is 9.88 Å². The molecule has 0 spiro atoms. The van der Waals surface area contributed by atoms with Crippen molar-refractivity contribution in [3.63, 3.8) is 0 Å². The highest BCUT2D eigenvalue weighted by Crippen LogP contribution is 2.22. The summed E-state index contributed by atoms with van der Waals surface area (Å²) in [7, 11) is 0. The molecule has 0 aromatic carbocycles. The number of nitrogen functional groups attached to an aromatic ring is 1. The molecule has 1 saturated heterocycles. The van der Waals surface area contributed by atoms with Gasteiger partial charge in [0, 0.05) is 24.3 Å². The quantitative estimate of drug-likeness (QED) is 0.745. The number of carbonyl (C=O) groups excluding carboxylic acids is 1. The summed E-state index contributed by atoms with van der Waals surface area (Å²) >= 11 is 0. The highest BCUT2D eigenvalue weighted by molar-refractivity contribution is 5.95. The van der Waals surface area contributed by atoms with E-state index in [0.717, 1.165) is 5.69 Å². The summed E-state index contributed by atoms with van der Waals surface area (Å²) < 4.78 is 0. The van der Waals surface area contributed by atoms with Gasteiger partial charge < -0.3 is 15.7 Å². The number of β-amino-alcohol motifs (C(OH)–C–C–N with tert-alkyl or cyclic N) is 1. The second-order valence-corrected chi connectivity index (χ2v) is 4.90.